The molecule has 0 unspecified atom stereocenters. The van der Waals surface area contributed by atoms with E-state index in [1.807, 2.05) is 19.1 Å². The van der Waals surface area contributed by atoms with Gasteiger partial charge in [0.15, 0.2) is 5.78 Å². The van der Waals surface area contributed by atoms with Crippen LogP contribution in [0.3, 0.4) is 0 Å². The highest BCUT2D eigenvalue weighted by atomic mass is 16.1. The van der Waals surface area contributed by atoms with Gasteiger partial charge < -0.3 is 4.90 Å². The molecule has 0 bridgehead atoms. The average molecular weight is 230 g/mol. The largest absolute Gasteiger partial charge is 0.375 e. The zero-order chi connectivity index (χ0) is 12.3. The van der Waals surface area contributed by atoms with Crippen LogP contribution in [0.4, 0.5) is 0 Å². The second-order valence-corrected chi connectivity index (χ2v) is 4.58. The van der Waals surface area contributed by atoms with E-state index in [4.69, 9.17) is 0 Å². The number of rotatable bonds is 3. The second-order valence-electron chi connectivity index (χ2n) is 4.58. The van der Waals surface area contributed by atoms with Gasteiger partial charge in [0, 0.05) is 30.9 Å². The van der Waals surface area contributed by atoms with Gasteiger partial charge in [-0.3, -0.25) is 9.78 Å². The molecule has 2 heterocycles. The van der Waals surface area contributed by atoms with Crippen molar-refractivity contribution < 1.29 is 4.79 Å². The molecule has 0 aromatic carbocycles. The van der Waals surface area contributed by atoms with Crippen LogP contribution in [-0.4, -0.2) is 28.8 Å². The molecule has 3 nitrogen and oxygen atoms in total. The molecule has 3 heteroatoms. The number of hydrogen-bond acceptors (Lipinski definition) is 3. The Bertz CT molecular complexity index is 405. The van der Waals surface area contributed by atoms with Crippen LogP contribution >= 0.6 is 0 Å². The summed E-state index contributed by atoms with van der Waals surface area (Å²) < 4.78 is 0. The molecule has 0 saturated carbocycles. The number of pyridine rings is 1. The highest BCUT2D eigenvalue weighted by Crippen LogP contribution is 2.22. The highest BCUT2D eigenvalue weighted by Gasteiger charge is 2.25. The summed E-state index contributed by atoms with van der Waals surface area (Å²) in [5.41, 5.74) is 1.69. The Balaban J connectivity index is 1.98. The van der Waals surface area contributed by atoms with Gasteiger partial charge in [-0.15, -0.1) is 0 Å². The third-order valence-corrected chi connectivity index (χ3v) is 3.32. The number of aromatic nitrogens is 1. The quantitative estimate of drug-likeness (QED) is 0.748. The van der Waals surface area contributed by atoms with Crippen molar-refractivity contribution >= 4 is 5.78 Å². The van der Waals surface area contributed by atoms with Crippen LogP contribution in [0.15, 0.2) is 36.7 Å². The number of carbonyl (C=O) groups excluding carboxylic acids is 1. The van der Waals surface area contributed by atoms with Gasteiger partial charge in [0.1, 0.15) is 5.69 Å². The number of piperidine rings is 1. The van der Waals surface area contributed by atoms with Gasteiger partial charge >= 0.3 is 0 Å². The van der Waals surface area contributed by atoms with E-state index in [0.29, 0.717) is 5.69 Å². The van der Waals surface area contributed by atoms with Crippen molar-refractivity contribution in [3.8, 4) is 0 Å². The number of likely N-dealkylation sites (tertiary alicyclic amines) is 1. The minimum Gasteiger partial charge on any atom is -0.375 e. The predicted molar refractivity (Wildman–Crippen MR) is 67.7 cm³/mol. The first-order chi connectivity index (χ1) is 8.18. The summed E-state index contributed by atoms with van der Waals surface area (Å²) in [6.07, 6.45) is 3.49. The summed E-state index contributed by atoms with van der Waals surface area (Å²) in [4.78, 5) is 18.5. The van der Waals surface area contributed by atoms with Crippen LogP contribution in [0, 0.1) is 5.92 Å². The number of ketones is 1. The topological polar surface area (TPSA) is 33.2 Å². The van der Waals surface area contributed by atoms with Crippen LogP contribution in [0.5, 0.6) is 0 Å². The number of allylic oxidation sites excluding steroid dienone is 1. The van der Waals surface area contributed by atoms with Gasteiger partial charge in [-0.05, 0) is 31.9 Å². The number of nitrogens with zero attached hydrogens (tertiary/aromatic N) is 2. The fraction of sp³-hybridized carbons (Fsp3) is 0.429. The van der Waals surface area contributed by atoms with E-state index in [0.717, 1.165) is 31.6 Å². The summed E-state index contributed by atoms with van der Waals surface area (Å²) in [5.74, 6) is 0.312. The van der Waals surface area contributed by atoms with E-state index in [2.05, 4.69) is 16.5 Å². The molecule has 90 valence electrons. The van der Waals surface area contributed by atoms with Crippen molar-refractivity contribution in [2.45, 2.75) is 19.8 Å². The fourth-order valence-corrected chi connectivity index (χ4v) is 2.24. The molecule has 0 N–H and O–H groups in total. The van der Waals surface area contributed by atoms with Gasteiger partial charge in [0.05, 0.1) is 0 Å². The van der Waals surface area contributed by atoms with Crippen LogP contribution < -0.4 is 0 Å². The van der Waals surface area contributed by atoms with Crippen molar-refractivity contribution in [1.29, 1.82) is 0 Å². The molecule has 0 radical (unpaired) electrons. The molecule has 1 aliphatic rings. The van der Waals surface area contributed by atoms with E-state index in [9.17, 15) is 4.79 Å². The van der Waals surface area contributed by atoms with Crippen molar-refractivity contribution in [2.24, 2.45) is 5.92 Å². The monoisotopic (exact) mass is 230 g/mol. The Labute approximate surface area is 102 Å². The lowest BCUT2D eigenvalue weighted by Gasteiger charge is -2.32. The maximum Gasteiger partial charge on any atom is 0.184 e. The first-order valence-corrected chi connectivity index (χ1v) is 6.04. The maximum absolute atomic E-state index is 12.2. The molecule has 1 aliphatic heterocycles. The maximum atomic E-state index is 12.2. The Kier molecular flexibility index (Phi) is 3.57. The van der Waals surface area contributed by atoms with E-state index in [-0.39, 0.29) is 11.7 Å². The average Bonchev–Trinajstić information content (AvgIpc) is 2.39. The summed E-state index contributed by atoms with van der Waals surface area (Å²) in [7, 11) is 0. The molecule has 0 amide bonds. The third-order valence-electron chi connectivity index (χ3n) is 3.32. The van der Waals surface area contributed by atoms with Crippen LogP contribution in [0.1, 0.15) is 30.3 Å². The third kappa shape index (κ3) is 2.73. The van der Waals surface area contributed by atoms with Crippen molar-refractivity contribution in [3.63, 3.8) is 0 Å². The van der Waals surface area contributed by atoms with Crippen LogP contribution in [-0.2, 0) is 0 Å². The molecule has 17 heavy (non-hydrogen) atoms. The minimum absolute atomic E-state index is 0.125. The van der Waals surface area contributed by atoms with Gasteiger partial charge in [-0.25, -0.2) is 0 Å². The zero-order valence-corrected chi connectivity index (χ0v) is 10.2. The summed E-state index contributed by atoms with van der Waals surface area (Å²) in [6, 6.07) is 5.50. The van der Waals surface area contributed by atoms with Gasteiger partial charge in [0.2, 0.25) is 0 Å². The number of carbonyl (C=O) groups is 1. The van der Waals surface area contributed by atoms with E-state index < -0.39 is 0 Å². The van der Waals surface area contributed by atoms with Crippen molar-refractivity contribution in [2.75, 3.05) is 13.1 Å². The molecular formula is C14H18N2O. The molecule has 2 rings (SSSR count). The predicted octanol–water partition coefficient (Wildman–Crippen LogP) is 2.51. The summed E-state index contributed by atoms with van der Waals surface area (Å²) in [5, 5.41) is 0. The van der Waals surface area contributed by atoms with E-state index >= 15 is 0 Å². The standard InChI is InChI=1S/C14H18N2O/c1-11(2)16-9-6-12(7-10-16)14(17)13-5-3-4-8-15-13/h3-5,8,12H,1,6-7,9-10H2,2H3. The molecule has 0 aliphatic carbocycles. The molecule has 1 aromatic heterocycles. The van der Waals surface area contributed by atoms with Gasteiger partial charge in [0.25, 0.3) is 0 Å². The molecular weight excluding hydrogens is 212 g/mol. The van der Waals surface area contributed by atoms with E-state index in [1.165, 1.54) is 0 Å². The molecule has 1 saturated heterocycles. The molecule has 0 atom stereocenters. The lowest BCUT2D eigenvalue weighted by molar-refractivity contribution is 0.0855. The molecule has 1 fully saturated rings. The highest BCUT2D eigenvalue weighted by molar-refractivity contribution is 5.96. The number of Topliss-reactive ketones (excluding diaryl/α,β-unsaturated/α-hetero) is 1. The summed E-state index contributed by atoms with van der Waals surface area (Å²) in [6.45, 7) is 7.81. The fourth-order valence-electron chi connectivity index (χ4n) is 2.24. The molecule has 0 spiro atoms. The Morgan fingerprint density at radius 3 is 2.65 bits per heavy atom. The second kappa shape index (κ2) is 5.13. The van der Waals surface area contributed by atoms with Crippen molar-refractivity contribution in [1.82, 2.24) is 9.88 Å². The van der Waals surface area contributed by atoms with Crippen molar-refractivity contribution in [3.05, 3.63) is 42.4 Å². The Hall–Kier alpha value is -1.64. The SMILES string of the molecule is C=C(C)N1CCC(C(=O)c2ccccn2)CC1. The normalized spacial score (nSPS) is 16.9. The first kappa shape index (κ1) is 11.8. The first-order valence-electron chi connectivity index (χ1n) is 6.04. The van der Waals surface area contributed by atoms with Crippen LogP contribution in [0.25, 0.3) is 0 Å². The zero-order valence-electron chi connectivity index (χ0n) is 10.2. The lowest BCUT2D eigenvalue weighted by Crippen LogP contribution is -2.35. The minimum atomic E-state index is 0.125. The van der Waals surface area contributed by atoms with E-state index in [1.54, 1.807) is 12.3 Å². The van der Waals surface area contributed by atoms with Crippen LogP contribution in [0.2, 0.25) is 0 Å². The van der Waals surface area contributed by atoms with Gasteiger partial charge in [-0.2, -0.15) is 0 Å². The smallest absolute Gasteiger partial charge is 0.184 e. The summed E-state index contributed by atoms with van der Waals surface area (Å²) >= 11 is 0. The Morgan fingerprint density at radius 1 is 1.41 bits per heavy atom. The lowest BCUT2D eigenvalue weighted by atomic mass is 9.90. The van der Waals surface area contributed by atoms with Gasteiger partial charge in [-0.1, -0.05) is 12.6 Å². The molecule has 1 aromatic rings. The number of hydrogen-bond donors (Lipinski definition) is 0. The Morgan fingerprint density at radius 2 is 2.12 bits per heavy atom.